The van der Waals surface area contributed by atoms with Gasteiger partial charge in [0.05, 0.1) is 5.56 Å². The Morgan fingerprint density at radius 1 is 1.33 bits per heavy atom. The molecule has 5 heteroatoms. The lowest BCUT2D eigenvalue weighted by molar-refractivity contribution is 0.0943. The number of amides is 1. The average molecular weight is 267 g/mol. The number of phenols is 2. The Morgan fingerprint density at radius 2 is 2.06 bits per heavy atom. The maximum absolute atomic E-state index is 11.9. The molecule has 2 rings (SSSR count). The van der Waals surface area contributed by atoms with Crippen LogP contribution in [0.3, 0.4) is 0 Å². The number of benzene rings is 1. The first-order valence-electron chi connectivity index (χ1n) is 6.05. The van der Waals surface area contributed by atoms with Crippen molar-refractivity contribution < 1.29 is 15.0 Å². The SMILES string of the molecule is O=C(NCC1CCSCC1)c1cccc(O)c1O. The molecular weight excluding hydrogens is 250 g/mol. The first kappa shape index (κ1) is 13.1. The molecule has 0 atom stereocenters. The van der Waals surface area contributed by atoms with Crippen LogP contribution in [-0.4, -0.2) is 34.2 Å². The quantitative estimate of drug-likeness (QED) is 0.732. The van der Waals surface area contributed by atoms with E-state index in [0.717, 1.165) is 24.3 Å². The lowest BCUT2D eigenvalue weighted by Crippen LogP contribution is -2.31. The van der Waals surface area contributed by atoms with Crippen LogP contribution in [0, 0.1) is 5.92 Å². The van der Waals surface area contributed by atoms with E-state index >= 15 is 0 Å². The van der Waals surface area contributed by atoms with Crippen molar-refractivity contribution in [2.45, 2.75) is 12.8 Å². The van der Waals surface area contributed by atoms with E-state index in [0.29, 0.717) is 12.5 Å². The van der Waals surface area contributed by atoms with Gasteiger partial charge in [0.15, 0.2) is 11.5 Å². The standard InChI is InChI=1S/C13H17NO3S/c15-11-3-1-2-10(12(11)16)13(17)14-8-9-4-6-18-7-5-9/h1-3,9,15-16H,4-8H2,(H,14,17). The predicted molar refractivity (Wildman–Crippen MR) is 72.2 cm³/mol. The van der Waals surface area contributed by atoms with Crippen LogP contribution >= 0.6 is 11.8 Å². The van der Waals surface area contributed by atoms with Gasteiger partial charge in [-0.1, -0.05) is 6.07 Å². The fraction of sp³-hybridized carbons (Fsp3) is 0.462. The Morgan fingerprint density at radius 3 is 2.78 bits per heavy atom. The van der Waals surface area contributed by atoms with Crippen LogP contribution in [0.2, 0.25) is 0 Å². The fourth-order valence-electron chi connectivity index (χ4n) is 2.00. The Kier molecular flexibility index (Phi) is 4.36. The van der Waals surface area contributed by atoms with Gasteiger partial charge >= 0.3 is 0 Å². The molecule has 3 N–H and O–H groups in total. The summed E-state index contributed by atoms with van der Waals surface area (Å²) in [6, 6.07) is 4.40. The molecule has 1 aromatic carbocycles. The van der Waals surface area contributed by atoms with E-state index in [1.54, 1.807) is 6.07 Å². The Hall–Kier alpha value is -1.36. The third-order valence-electron chi connectivity index (χ3n) is 3.15. The van der Waals surface area contributed by atoms with E-state index in [1.807, 2.05) is 11.8 Å². The second-order valence-corrected chi connectivity index (χ2v) is 5.66. The number of carbonyl (C=O) groups is 1. The van der Waals surface area contributed by atoms with Crippen molar-refractivity contribution >= 4 is 17.7 Å². The highest BCUT2D eigenvalue weighted by molar-refractivity contribution is 7.99. The zero-order chi connectivity index (χ0) is 13.0. The second kappa shape index (κ2) is 6.00. The molecule has 0 spiro atoms. The van der Waals surface area contributed by atoms with Crippen molar-refractivity contribution in [1.82, 2.24) is 5.32 Å². The predicted octanol–water partition coefficient (Wildman–Crippen LogP) is 1.97. The van der Waals surface area contributed by atoms with Gasteiger partial charge in [-0.05, 0) is 42.4 Å². The third-order valence-corrected chi connectivity index (χ3v) is 4.20. The van der Waals surface area contributed by atoms with Gasteiger partial charge in [-0.25, -0.2) is 0 Å². The summed E-state index contributed by atoms with van der Waals surface area (Å²) in [4.78, 5) is 11.9. The summed E-state index contributed by atoms with van der Waals surface area (Å²) in [6.07, 6.45) is 2.24. The molecule has 1 heterocycles. The second-order valence-electron chi connectivity index (χ2n) is 4.44. The van der Waals surface area contributed by atoms with Crippen LogP contribution in [0.15, 0.2) is 18.2 Å². The zero-order valence-corrected chi connectivity index (χ0v) is 10.9. The fourth-order valence-corrected chi connectivity index (χ4v) is 3.20. The summed E-state index contributed by atoms with van der Waals surface area (Å²) in [7, 11) is 0. The molecular formula is C13H17NO3S. The first-order chi connectivity index (χ1) is 8.68. The number of aromatic hydroxyl groups is 2. The molecule has 1 saturated heterocycles. The smallest absolute Gasteiger partial charge is 0.255 e. The lowest BCUT2D eigenvalue weighted by atomic mass is 10.0. The molecule has 98 valence electrons. The Labute approximate surface area is 110 Å². The highest BCUT2D eigenvalue weighted by atomic mass is 32.2. The van der Waals surface area contributed by atoms with Gasteiger partial charge < -0.3 is 15.5 Å². The maximum Gasteiger partial charge on any atom is 0.255 e. The van der Waals surface area contributed by atoms with Crippen LogP contribution < -0.4 is 5.32 Å². The molecule has 1 amide bonds. The number of hydrogen-bond donors (Lipinski definition) is 3. The van der Waals surface area contributed by atoms with Gasteiger partial charge in [-0.3, -0.25) is 4.79 Å². The third kappa shape index (κ3) is 3.10. The number of carbonyl (C=O) groups excluding carboxylic acids is 1. The summed E-state index contributed by atoms with van der Waals surface area (Å²) < 4.78 is 0. The molecule has 0 aliphatic carbocycles. The van der Waals surface area contributed by atoms with Crippen LogP contribution in [-0.2, 0) is 0 Å². The van der Waals surface area contributed by atoms with Gasteiger partial charge in [0.25, 0.3) is 5.91 Å². The number of rotatable bonds is 3. The number of thioether (sulfide) groups is 1. The van der Waals surface area contributed by atoms with Crippen molar-refractivity contribution in [2.75, 3.05) is 18.1 Å². The van der Waals surface area contributed by atoms with E-state index < -0.39 is 0 Å². The van der Waals surface area contributed by atoms with Gasteiger partial charge in [0, 0.05) is 6.54 Å². The number of nitrogens with one attached hydrogen (secondary N) is 1. The lowest BCUT2D eigenvalue weighted by Gasteiger charge is -2.21. The monoisotopic (exact) mass is 267 g/mol. The molecule has 1 fully saturated rings. The van der Waals surface area contributed by atoms with Gasteiger partial charge in [-0.2, -0.15) is 11.8 Å². The molecule has 0 radical (unpaired) electrons. The van der Waals surface area contributed by atoms with Gasteiger partial charge in [0.1, 0.15) is 0 Å². The van der Waals surface area contributed by atoms with E-state index in [-0.39, 0.29) is 23.0 Å². The summed E-state index contributed by atoms with van der Waals surface area (Å²) in [6.45, 7) is 0.633. The van der Waals surface area contributed by atoms with Crippen LogP contribution in [0.5, 0.6) is 11.5 Å². The summed E-state index contributed by atoms with van der Waals surface area (Å²) in [5, 5.41) is 21.7. The van der Waals surface area contributed by atoms with Crippen molar-refractivity contribution in [2.24, 2.45) is 5.92 Å². The average Bonchev–Trinajstić information content (AvgIpc) is 2.40. The molecule has 0 bridgehead atoms. The van der Waals surface area contributed by atoms with Gasteiger partial charge in [0.2, 0.25) is 0 Å². The van der Waals surface area contributed by atoms with Crippen molar-refractivity contribution in [3.8, 4) is 11.5 Å². The highest BCUT2D eigenvalue weighted by Crippen LogP contribution is 2.28. The summed E-state index contributed by atoms with van der Waals surface area (Å²) >= 11 is 1.95. The van der Waals surface area contributed by atoms with Crippen molar-refractivity contribution in [3.63, 3.8) is 0 Å². The van der Waals surface area contributed by atoms with Crippen LogP contribution in [0.4, 0.5) is 0 Å². The number of hydrogen-bond acceptors (Lipinski definition) is 4. The minimum absolute atomic E-state index is 0.125. The van der Waals surface area contributed by atoms with Crippen LogP contribution in [0.25, 0.3) is 0 Å². The molecule has 18 heavy (non-hydrogen) atoms. The Bertz CT molecular complexity index is 430. The molecule has 0 saturated carbocycles. The van der Waals surface area contributed by atoms with E-state index in [2.05, 4.69) is 5.32 Å². The maximum atomic E-state index is 11.9. The van der Waals surface area contributed by atoms with Gasteiger partial charge in [-0.15, -0.1) is 0 Å². The van der Waals surface area contributed by atoms with Crippen LogP contribution in [0.1, 0.15) is 23.2 Å². The minimum Gasteiger partial charge on any atom is -0.504 e. The van der Waals surface area contributed by atoms with E-state index in [4.69, 9.17) is 0 Å². The number of para-hydroxylation sites is 1. The number of phenolic OH excluding ortho intramolecular Hbond substituents is 2. The molecule has 1 aromatic rings. The normalized spacial score (nSPS) is 16.4. The minimum atomic E-state index is -0.353. The van der Waals surface area contributed by atoms with Crippen molar-refractivity contribution in [3.05, 3.63) is 23.8 Å². The largest absolute Gasteiger partial charge is 0.504 e. The van der Waals surface area contributed by atoms with E-state index in [9.17, 15) is 15.0 Å². The molecule has 4 nitrogen and oxygen atoms in total. The van der Waals surface area contributed by atoms with E-state index in [1.165, 1.54) is 12.1 Å². The molecule has 1 aliphatic heterocycles. The molecule has 0 aromatic heterocycles. The summed E-state index contributed by atoms with van der Waals surface area (Å²) in [5.74, 6) is 1.87. The van der Waals surface area contributed by atoms with Crippen molar-refractivity contribution in [1.29, 1.82) is 0 Å². The summed E-state index contributed by atoms with van der Waals surface area (Å²) in [5.41, 5.74) is 0.125. The molecule has 1 aliphatic rings. The molecule has 0 unspecified atom stereocenters. The topological polar surface area (TPSA) is 69.6 Å². The Balaban J connectivity index is 1.93. The first-order valence-corrected chi connectivity index (χ1v) is 7.21. The zero-order valence-electron chi connectivity index (χ0n) is 10.1. The highest BCUT2D eigenvalue weighted by Gasteiger charge is 2.17.